The van der Waals surface area contributed by atoms with E-state index in [2.05, 4.69) is 19.6 Å². The number of methoxy groups -OCH3 is 1. The molecule has 32 heavy (non-hydrogen) atoms. The maximum absolute atomic E-state index is 14.9. The summed E-state index contributed by atoms with van der Waals surface area (Å²) in [6, 6.07) is 9.25. The predicted molar refractivity (Wildman–Crippen MR) is 121 cm³/mol. The highest BCUT2D eigenvalue weighted by Gasteiger charge is 2.22. The molecule has 10 heteroatoms. The van der Waals surface area contributed by atoms with Crippen molar-refractivity contribution >= 4 is 27.3 Å². The van der Waals surface area contributed by atoms with Gasteiger partial charge < -0.3 is 4.74 Å². The Balaban J connectivity index is 1.58. The molecular weight excluding hydrogens is 455 g/mol. The molecule has 0 aliphatic carbocycles. The molecule has 1 saturated heterocycles. The first-order valence-electron chi connectivity index (χ1n) is 10.1. The van der Waals surface area contributed by atoms with Crippen LogP contribution in [0.2, 0.25) is 5.02 Å². The van der Waals surface area contributed by atoms with Crippen LogP contribution in [0.25, 0.3) is 11.3 Å². The molecule has 1 N–H and O–H groups in total. The van der Waals surface area contributed by atoms with Gasteiger partial charge in [-0.25, -0.2) is 17.8 Å². The summed E-state index contributed by atoms with van der Waals surface area (Å²) in [5.41, 5.74) is 1.72. The summed E-state index contributed by atoms with van der Waals surface area (Å²) in [6.45, 7) is 2.76. The molecule has 1 aliphatic heterocycles. The second-order valence-electron chi connectivity index (χ2n) is 7.49. The molecule has 168 valence electrons. The lowest BCUT2D eigenvalue weighted by Gasteiger charge is -2.15. The van der Waals surface area contributed by atoms with Crippen molar-refractivity contribution in [2.75, 3.05) is 24.9 Å². The van der Waals surface area contributed by atoms with Gasteiger partial charge in [-0.2, -0.15) is 0 Å². The third kappa shape index (κ3) is 5.01. The van der Waals surface area contributed by atoms with E-state index < -0.39 is 15.8 Å². The summed E-state index contributed by atoms with van der Waals surface area (Å²) in [6.07, 6.45) is 5.05. The Morgan fingerprint density at radius 3 is 2.66 bits per heavy atom. The lowest BCUT2D eigenvalue weighted by Crippen LogP contribution is -2.18. The summed E-state index contributed by atoms with van der Waals surface area (Å²) in [4.78, 5) is 10.2. The second-order valence-corrected chi connectivity index (χ2v) is 9.58. The van der Waals surface area contributed by atoms with Gasteiger partial charge in [0.1, 0.15) is 5.82 Å². The number of pyridine rings is 2. The highest BCUT2D eigenvalue weighted by molar-refractivity contribution is 7.92. The molecule has 0 spiro atoms. The van der Waals surface area contributed by atoms with Crippen molar-refractivity contribution in [2.24, 2.45) is 0 Å². The Hall–Kier alpha value is -2.75. The summed E-state index contributed by atoms with van der Waals surface area (Å²) in [5, 5.41) is 0.151. The van der Waals surface area contributed by atoms with Crippen molar-refractivity contribution in [1.29, 1.82) is 0 Å². The lowest BCUT2D eigenvalue weighted by molar-refractivity contribution is 0.331. The number of halogens is 2. The van der Waals surface area contributed by atoms with Gasteiger partial charge >= 0.3 is 0 Å². The normalized spacial score (nSPS) is 14.5. The standard InChI is InChI=1S/C22H22ClFN4O3S/c1-31-22-21(11-16(23)13-26-22)32(29,30)27-17-6-7-25-20(12-17)18-5-4-15(10-19(18)24)14-28-8-2-3-9-28/h4-7,10-13H,2-3,8-9,14H2,1H3,(H,25,27). The van der Waals surface area contributed by atoms with E-state index in [1.165, 1.54) is 56.6 Å². The monoisotopic (exact) mass is 476 g/mol. The first-order chi connectivity index (χ1) is 15.4. The van der Waals surface area contributed by atoms with E-state index in [9.17, 15) is 12.8 Å². The molecule has 1 fully saturated rings. The van der Waals surface area contributed by atoms with Crippen molar-refractivity contribution in [2.45, 2.75) is 24.3 Å². The van der Waals surface area contributed by atoms with Gasteiger partial charge in [-0.3, -0.25) is 14.6 Å². The van der Waals surface area contributed by atoms with Gasteiger partial charge in [0.25, 0.3) is 10.0 Å². The van der Waals surface area contributed by atoms with Gasteiger partial charge in [0, 0.05) is 24.5 Å². The third-order valence-corrected chi connectivity index (χ3v) is 6.78. The number of hydrogen-bond donors (Lipinski definition) is 1. The van der Waals surface area contributed by atoms with E-state index in [-0.39, 0.29) is 21.5 Å². The van der Waals surface area contributed by atoms with Gasteiger partial charge in [0.15, 0.2) is 4.90 Å². The van der Waals surface area contributed by atoms with E-state index in [4.69, 9.17) is 16.3 Å². The summed E-state index contributed by atoms with van der Waals surface area (Å²) in [7, 11) is -2.74. The molecule has 7 nitrogen and oxygen atoms in total. The number of ether oxygens (including phenoxy) is 1. The highest BCUT2D eigenvalue weighted by atomic mass is 35.5. The minimum atomic E-state index is -4.06. The van der Waals surface area contributed by atoms with Gasteiger partial charge in [-0.15, -0.1) is 0 Å². The minimum absolute atomic E-state index is 0.0872. The van der Waals surface area contributed by atoms with Crippen LogP contribution in [0.4, 0.5) is 10.1 Å². The minimum Gasteiger partial charge on any atom is -0.480 e. The number of aromatic nitrogens is 2. The maximum atomic E-state index is 14.9. The summed E-state index contributed by atoms with van der Waals surface area (Å²) < 4.78 is 48.1. The van der Waals surface area contributed by atoms with Crippen LogP contribution in [0.5, 0.6) is 5.88 Å². The molecular formula is C22H22ClFN4O3S. The van der Waals surface area contributed by atoms with Gasteiger partial charge in [-0.05, 0) is 61.8 Å². The number of nitrogens with zero attached hydrogens (tertiary/aromatic N) is 3. The number of likely N-dealkylation sites (tertiary alicyclic amines) is 1. The van der Waals surface area contributed by atoms with Crippen LogP contribution in [-0.4, -0.2) is 43.5 Å². The molecule has 4 rings (SSSR count). The van der Waals surface area contributed by atoms with E-state index in [0.29, 0.717) is 17.8 Å². The number of sulfonamides is 1. The molecule has 0 amide bonds. The molecule has 3 heterocycles. The quantitative estimate of drug-likeness (QED) is 0.546. The first kappa shape index (κ1) is 22.4. The van der Waals surface area contributed by atoms with Crippen LogP contribution in [0.3, 0.4) is 0 Å². The molecule has 0 bridgehead atoms. The Kier molecular flexibility index (Phi) is 6.59. The van der Waals surface area contributed by atoms with E-state index in [0.717, 1.165) is 18.7 Å². The average Bonchev–Trinajstić information content (AvgIpc) is 3.27. The van der Waals surface area contributed by atoms with Gasteiger partial charge in [0.2, 0.25) is 5.88 Å². The molecule has 3 aromatic rings. The van der Waals surface area contributed by atoms with Crippen LogP contribution >= 0.6 is 11.6 Å². The van der Waals surface area contributed by atoms with Crippen molar-refractivity contribution in [3.8, 4) is 17.1 Å². The zero-order valence-electron chi connectivity index (χ0n) is 17.4. The van der Waals surface area contributed by atoms with Crippen LogP contribution in [0, 0.1) is 5.82 Å². The van der Waals surface area contributed by atoms with E-state index in [1.54, 1.807) is 6.07 Å². The Morgan fingerprint density at radius 2 is 1.94 bits per heavy atom. The van der Waals surface area contributed by atoms with Crippen LogP contribution < -0.4 is 9.46 Å². The smallest absolute Gasteiger partial charge is 0.267 e. The second kappa shape index (κ2) is 9.40. The van der Waals surface area contributed by atoms with Crippen molar-refractivity contribution < 1.29 is 17.5 Å². The van der Waals surface area contributed by atoms with E-state index >= 15 is 0 Å². The van der Waals surface area contributed by atoms with Gasteiger partial charge in [-0.1, -0.05) is 17.7 Å². The molecule has 1 aliphatic rings. The number of anilines is 1. The summed E-state index contributed by atoms with van der Waals surface area (Å²) >= 11 is 5.91. The number of nitrogens with one attached hydrogen (secondary N) is 1. The predicted octanol–water partition coefficient (Wildman–Crippen LogP) is 4.34. The molecule has 0 radical (unpaired) electrons. The average molecular weight is 477 g/mol. The lowest BCUT2D eigenvalue weighted by atomic mass is 10.1. The zero-order valence-corrected chi connectivity index (χ0v) is 19.0. The van der Waals surface area contributed by atoms with Crippen LogP contribution in [0.1, 0.15) is 18.4 Å². The number of rotatable bonds is 7. The van der Waals surface area contributed by atoms with E-state index in [1.807, 2.05) is 6.07 Å². The first-order valence-corrected chi connectivity index (χ1v) is 11.9. The molecule has 0 saturated carbocycles. The fraction of sp³-hybridized carbons (Fsp3) is 0.273. The maximum Gasteiger partial charge on any atom is 0.267 e. The Bertz CT molecular complexity index is 1230. The number of hydrogen-bond acceptors (Lipinski definition) is 6. The van der Waals surface area contributed by atoms with Crippen LogP contribution in [0.15, 0.2) is 53.7 Å². The SMILES string of the molecule is COc1ncc(Cl)cc1S(=O)(=O)Nc1ccnc(-c2ccc(CN3CCCC3)cc2F)c1. The molecule has 1 aromatic carbocycles. The Labute approximate surface area is 191 Å². The summed E-state index contributed by atoms with van der Waals surface area (Å²) in [5.74, 6) is -0.495. The van der Waals surface area contributed by atoms with Crippen LogP contribution in [-0.2, 0) is 16.6 Å². The molecule has 2 aromatic heterocycles. The van der Waals surface area contributed by atoms with Crippen molar-refractivity contribution in [1.82, 2.24) is 14.9 Å². The number of benzene rings is 1. The highest BCUT2D eigenvalue weighted by Crippen LogP contribution is 2.29. The zero-order chi connectivity index (χ0) is 22.7. The fourth-order valence-corrected chi connectivity index (χ4v) is 5.09. The Morgan fingerprint density at radius 1 is 1.16 bits per heavy atom. The van der Waals surface area contributed by atoms with Crippen molar-refractivity contribution in [3.63, 3.8) is 0 Å². The topological polar surface area (TPSA) is 84.4 Å². The third-order valence-electron chi connectivity index (χ3n) is 5.19. The molecule has 0 atom stereocenters. The largest absolute Gasteiger partial charge is 0.480 e. The molecule has 0 unspecified atom stereocenters. The van der Waals surface area contributed by atoms with Crippen molar-refractivity contribution in [3.05, 3.63) is 65.2 Å². The van der Waals surface area contributed by atoms with Gasteiger partial charge in [0.05, 0.1) is 23.5 Å². The fourth-order valence-electron chi connectivity index (χ4n) is 3.67.